The number of aryl methyl sites for hydroxylation is 2. The summed E-state index contributed by atoms with van der Waals surface area (Å²) in [5.74, 6) is 1.68. The number of ether oxygens (including phenoxy) is 1. The number of rotatable bonds is 4. The summed E-state index contributed by atoms with van der Waals surface area (Å²) in [4.78, 5) is 4.44. The van der Waals surface area contributed by atoms with Gasteiger partial charge < -0.3 is 4.74 Å². The Morgan fingerprint density at radius 3 is 2.95 bits per heavy atom. The molecule has 21 heavy (non-hydrogen) atoms. The molecule has 0 saturated carbocycles. The highest BCUT2D eigenvalue weighted by Gasteiger charge is 2.20. The number of halogens is 1. The summed E-state index contributed by atoms with van der Waals surface area (Å²) in [5.41, 5.74) is 4.72. The monoisotopic (exact) mass is 301 g/mol. The van der Waals surface area contributed by atoms with E-state index in [1.54, 1.807) is 0 Å². The summed E-state index contributed by atoms with van der Waals surface area (Å²) in [6, 6.07) is 12.7. The van der Waals surface area contributed by atoms with Crippen molar-refractivity contribution < 1.29 is 4.74 Å². The van der Waals surface area contributed by atoms with Crippen molar-refractivity contribution in [3.8, 4) is 5.75 Å². The van der Waals surface area contributed by atoms with Crippen LogP contribution in [0, 0.1) is 6.92 Å². The highest BCUT2D eigenvalue weighted by Crippen LogP contribution is 2.32. The molecule has 1 aliphatic rings. The van der Waals surface area contributed by atoms with Gasteiger partial charge in [0.15, 0.2) is 0 Å². The van der Waals surface area contributed by atoms with E-state index in [1.165, 1.54) is 30.4 Å². The van der Waals surface area contributed by atoms with Gasteiger partial charge in [0.2, 0.25) is 0 Å². The lowest BCUT2D eigenvalue weighted by Crippen LogP contribution is -2.17. The second-order valence-electron chi connectivity index (χ2n) is 5.63. The first-order chi connectivity index (χ1) is 10.3. The Kier molecular flexibility index (Phi) is 4.45. The molecule has 2 nitrogen and oxygen atoms in total. The van der Waals surface area contributed by atoms with E-state index < -0.39 is 0 Å². The largest absolute Gasteiger partial charge is 0.491 e. The standard InChI is InChI=1S/C18H20ClNO/c1-13-9-10-18(17(11-19)20-13)21-12-15-7-4-6-14-5-2-3-8-16(14)15/h2-3,5,8-10,15H,4,6-7,11-12H2,1H3. The molecule has 0 radical (unpaired) electrons. The van der Waals surface area contributed by atoms with Gasteiger partial charge >= 0.3 is 0 Å². The lowest BCUT2D eigenvalue weighted by molar-refractivity contribution is 0.271. The van der Waals surface area contributed by atoms with Gasteiger partial charge in [0.05, 0.1) is 18.2 Å². The predicted molar refractivity (Wildman–Crippen MR) is 86.1 cm³/mol. The number of hydrogen-bond acceptors (Lipinski definition) is 2. The summed E-state index contributed by atoms with van der Waals surface area (Å²) in [6.07, 6.45) is 3.61. The van der Waals surface area contributed by atoms with E-state index in [1.807, 2.05) is 19.1 Å². The Morgan fingerprint density at radius 2 is 2.10 bits per heavy atom. The summed E-state index contributed by atoms with van der Waals surface area (Å²) in [5, 5.41) is 0. The number of benzene rings is 1. The maximum Gasteiger partial charge on any atom is 0.142 e. The number of fused-ring (bicyclic) bond motifs is 1. The second-order valence-corrected chi connectivity index (χ2v) is 5.90. The molecule has 2 aromatic rings. The number of pyridine rings is 1. The molecule has 1 aliphatic carbocycles. The molecule has 110 valence electrons. The van der Waals surface area contributed by atoms with Crippen molar-refractivity contribution in [2.45, 2.75) is 38.0 Å². The fourth-order valence-corrected chi connectivity index (χ4v) is 3.23. The first-order valence-electron chi connectivity index (χ1n) is 7.51. The van der Waals surface area contributed by atoms with E-state index in [9.17, 15) is 0 Å². The molecule has 0 amide bonds. The van der Waals surface area contributed by atoms with Crippen LogP contribution in [0.25, 0.3) is 0 Å². The molecule has 1 heterocycles. The van der Waals surface area contributed by atoms with Crippen LogP contribution in [0.15, 0.2) is 36.4 Å². The van der Waals surface area contributed by atoms with Crippen molar-refractivity contribution in [2.75, 3.05) is 6.61 Å². The SMILES string of the molecule is Cc1ccc(OCC2CCCc3ccccc32)c(CCl)n1. The zero-order valence-corrected chi connectivity index (χ0v) is 13.1. The molecule has 3 heteroatoms. The first-order valence-corrected chi connectivity index (χ1v) is 8.04. The lowest BCUT2D eigenvalue weighted by Gasteiger charge is -2.25. The van der Waals surface area contributed by atoms with Gasteiger partial charge in [0, 0.05) is 11.6 Å². The first kappa shape index (κ1) is 14.4. The molecule has 0 aliphatic heterocycles. The number of alkyl halides is 1. The smallest absolute Gasteiger partial charge is 0.142 e. The minimum atomic E-state index is 0.387. The summed E-state index contributed by atoms with van der Waals surface area (Å²) >= 11 is 5.96. The Hall–Kier alpha value is -1.54. The Labute approximate surface area is 131 Å². The van der Waals surface area contributed by atoms with Gasteiger partial charge in [-0.1, -0.05) is 24.3 Å². The summed E-state index contributed by atoms with van der Waals surface area (Å²) in [7, 11) is 0. The second kappa shape index (κ2) is 6.48. The van der Waals surface area contributed by atoms with Crippen LogP contribution in [0.5, 0.6) is 5.75 Å². The molecule has 0 N–H and O–H groups in total. The zero-order valence-electron chi connectivity index (χ0n) is 12.3. The van der Waals surface area contributed by atoms with Gasteiger partial charge in [-0.2, -0.15) is 0 Å². The van der Waals surface area contributed by atoms with Gasteiger partial charge in [0.1, 0.15) is 5.75 Å². The molecule has 0 bridgehead atoms. The van der Waals surface area contributed by atoms with Crippen LogP contribution >= 0.6 is 11.6 Å². The number of aromatic nitrogens is 1. The summed E-state index contributed by atoms with van der Waals surface area (Å²) < 4.78 is 6.03. The van der Waals surface area contributed by atoms with Gasteiger partial charge in [0.25, 0.3) is 0 Å². The average Bonchev–Trinajstić information content (AvgIpc) is 2.53. The van der Waals surface area contributed by atoms with Crippen LogP contribution < -0.4 is 4.74 Å². The maximum atomic E-state index is 6.03. The van der Waals surface area contributed by atoms with Crippen LogP contribution in [0.2, 0.25) is 0 Å². The zero-order chi connectivity index (χ0) is 14.7. The molecule has 0 saturated heterocycles. The highest BCUT2D eigenvalue weighted by atomic mass is 35.5. The Balaban J connectivity index is 1.74. The third-order valence-corrected chi connectivity index (χ3v) is 4.39. The number of hydrogen-bond donors (Lipinski definition) is 0. The van der Waals surface area contributed by atoms with Crippen molar-refractivity contribution >= 4 is 11.6 Å². The predicted octanol–water partition coefficient (Wildman–Crippen LogP) is 4.63. The third kappa shape index (κ3) is 3.21. The normalized spacial score (nSPS) is 17.3. The Morgan fingerprint density at radius 1 is 1.24 bits per heavy atom. The van der Waals surface area contributed by atoms with Gasteiger partial charge in [-0.15, -0.1) is 11.6 Å². The minimum Gasteiger partial charge on any atom is -0.491 e. The van der Waals surface area contributed by atoms with Gasteiger partial charge in [-0.25, -0.2) is 0 Å². The maximum absolute atomic E-state index is 6.03. The molecule has 0 spiro atoms. The van der Waals surface area contributed by atoms with Crippen molar-refractivity contribution in [2.24, 2.45) is 0 Å². The molecular weight excluding hydrogens is 282 g/mol. The quantitative estimate of drug-likeness (QED) is 0.768. The van der Waals surface area contributed by atoms with Crippen LogP contribution in [-0.2, 0) is 12.3 Å². The van der Waals surface area contributed by atoms with Crippen LogP contribution in [0.3, 0.4) is 0 Å². The number of nitrogens with zero attached hydrogens (tertiary/aromatic N) is 1. The molecule has 1 atom stereocenters. The van der Waals surface area contributed by atoms with E-state index in [-0.39, 0.29) is 0 Å². The van der Waals surface area contributed by atoms with E-state index in [4.69, 9.17) is 16.3 Å². The fourth-order valence-electron chi connectivity index (χ4n) is 3.04. The molecule has 1 aromatic heterocycles. The highest BCUT2D eigenvalue weighted by molar-refractivity contribution is 6.17. The van der Waals surface area contributed by atoms with Crippen LogP contribution in [-0.4, -0.2) is 11.6 Å². The molecule has 3 rings (SSSR count). The van der Waals surface area contributed by atoms with Crippen molar-refractivity contribution in [3.05, 3.63) is 58.9 Å². The Bertz CT molecular complexity index is 626. The average molecular weight is 302 g/mol. The molecular formula is C18H20ClNO. The van der Waals surface area contributed by atoms with E-state index in [0.717, 1.165) is 17.1 Å². The molecule has 0 fully saturated rings. The molecule has 1 unspecified atom stereocenters. The van der Waals surface area contributed by atoms with Gasteiger partial charge in [-0.3, -0.25) is 4.98 Å². The van der Waals surface area contributed by atoms with E-state index in [0.29, 0.717) is 18.4 Å². The minimum absolute atomic E-state index is 0.387. The van der Waals surface area contributed by atoms with E-state index >= 15 is 0 Å². The van der Waals surface area contributed by atoms with Crippen molar-refractivity contribution in [1.29, 1.82) is 0 Å². The lowest BCUT2D eigenvalue weighted by atomic mass is 9.83. The molecule has 1 aromatic carbocycles. The third-order valence-electron chi connectivity index (χ3n) is 4.13. The topological polar surface area (TPSA) is 22.1 Å². The van der Waals surface area contributed by atoms with Gasteiger partial charge in [-0.05, 0) is 49.4 Å². The fraction of sp³-hybridized carbons (Fsp3) is 0.389. The van der Waals surface area contributed by atoms with Crippen molar-refractivity contribution in [3.63, 3.8) is 0 Å². The van der Waals surface area contributed by atoms with Crippen LogP contribution in [0.4, 0.5) is 0 Å². The van der Waals surface area contributed by atoms with E-state index in [2.05, 4.69) is 29.2 Å². The summed E-state index contributed by atoms with van der Waals surface area (Å²) in [6.45, 7) is 2.67. The van der Waals surface area contributed by atoms with Crippen molar-refractivity contribution in [1.82, 2.24) is 4.98 Å². The van der Waals surface area contributed by atoms with Crippen LogP contribution in [0.1, 0.15) is 41.3 Å².